The summed E-state index contributed by atoms with van der Waals surface area (Å²) in [5.74, 6) is 0. The maximum absolute atomic E-state index is 4.43. The number of rotatable bonds is 2. The zero-order chi connectivity index (χ0) is 12.4. The average Bonchev–Trinajstić information content (AvgIpc) is 2.90. The molecule has 0 bridgehead atoms. The van der Waals surface area contributed by atoms with E-state index in [1.54, 1.807) is 18.6 Å². The maximum Gasteiger partial charge on any atom is 0.0925 e. The van der Waals surface area contributed by atoms with E-state index in [9.17, 15) is 0 Å². The quantitative estimate of drug-likeness (QED) is 0.687. The summed E-state index contributed by atoms with van der Waals surface area (Å²) in [6.07, 6.45) is 7.15. The van der Waals surface area contributed by atoms with Crippen LogP contribution in [0.3, 0.4) is 0 Å². The van der Waals surface area contributed by atoms with Crippen molar-refractivity contribution in [2.75, 3.05) is 0 Å². The molecule has 0 radical (unpaired) electrons. The highest BCUT2D eigenvalue weighted by molar-refractivity contribution is 5.57. The molecule has 0 atom stereocenters. The zero-order valence-corrected chi connectivity index (χ0v) is 9.99. The van der Waals surface area contributed by atoms with Crippen LogP contribution >= 0.6 is 0 Å². The van der Waals surface area contributed by atoms with Gasteiger partial charge in [0.2, 0.25) is 0 Å². The summed E-state index contributed by atoms with van der Waals surface area (Å²) in [6.45, 7) is 2.02. The first-order valence-electron chi connectivity index (χ1n) is 5.72. The highest BCUT2D eigenvalue weighted by atomic mass is 15.3. The number of hydrogen-bond donors (Lipinski definition) is 0. The smallest absolute Gasteiger partial charge is 0.0925 e. The van der Waals surface area contributed by atoms with Gasteiger partial charge < -0.3 is 0 Å². The van der Waals surface area contributed by atoms with Crippen LogP contribution in [0, 0.1) is 6.92 Å². The molecule has 0 saturated carbocycles. The lowest BCUT2D eigenvalue weighted by Gasteiger charge is -2.06. The predicted octanol–water partition coefficient (Wildman–Crippen LogP) is 2.64. The van der Waals surface area contributed by atoms with Crippen molar-refractivity contribution in [1.82, 2.24) is 19.7 Å². The van der Waals surface area contributed by atoms with Crippen LogP contribution in [0.4, 0.5) is 0 Å². The molecule has 18 heavy (non-hydrogen) atoms. The normalized spacial score (nSPS) is 10.5. The van der Waals surface area contributed by atoms with E-state index in [1.165, 1.54) is 0 Å². The molecule has 0 unspecified atom stereocenters. The fourth-order valence-corrected chi connectivity index (χ4v) is 1.80. The van der Waals surface area contributed by atoms with Gasteiger partial charge in [0.25, 0.3) is 0 Å². The molecule has 0 aromatic carbocycles. The third-order valence-electron chi connectivity index (χ3n) is 2.71. The van der Waals surface area contributed by atoms with E-state index in [0.29, 0.717) is 0 Å². The second-order valence-corrected chi connectivity index (χ2v) is 4.06. The van der Waals surface area contributed by atoms with Gasteiger partial charge in [-0.25, -0.2) is 4.68 Å². The van der Waals surface area contributed by atoms with Crippen LogP contribution in [0.2, 0.25) is 0 Å². The van der Waals surface area contributed by atoms with Gasteiger partial charge in [-0.3, -0.25) is 9.97 Å². The molecule has 3 rings (SSSR count). The van der Waals surface area contributed by atoms with E-state index in [1.807, 2.05) is 48.1 Å². The number of hydrogen-bond acceptors (Lipinski definition) is 3. The van der Waals surface area contributed by atoms with Crippen molar-refractivity contribution in [1.29, 1.82) is 0 Å². The van der Waals surface area contributed by atoms with Crippen LogP contribution in [0.5, 0.6) is 0 Å². The Kier molecular flexibility index (Phi) is 2.61. The van der Waals surface area contributed by atoms with Gasteiger partial charge in [-0.1, -0.05) is 6.07 Å². The Morgan fingerprint density at radius 3 is 2.67 bits per heavy atom. The lowest BCUT2D eigenvalue weighted by Crippen LogP contribution is -2.00. The maximum atomic E-state index is 4.43. The summed E-state index contributed by atoms with van der Waals surface area (Å²) in [5, 5.41) is 4.32. The molecule has 3 heterocycles. The number of aryl methyl sites for hydroxylation is 1. The van der Waals surface area contributed by atoms with Gasteiger partial charge in [0, 0.05) is 12.4 Å². The van der Waals surface area contributed by atoms with E-state index in [0.717, 1.165) is 22.6 Å². The standard InChI is InChI=1S/C14H12N4/c1-11-4-5-13(16-9-11)14-6-8-17-18(14)12-3-2-7-15-10-12/h2-10H,1H3. The first kappa shape index (κ1) is 10.7. The molecule has 4 nitrogen and oxygen atoms in total. The van der Waals surface area contributed by atoms with Crippen molar-refractivity contribution in [3.63, 3.8) is 0 Å². The van der Waals surface area contributed by atoms with Gasteiger partial charge >= 0.3 is 0 Å². The van der Waals surface area contributed by atoms with Gasteiger partial charge in [-0.2, -0.15) is 5.10 Å². The van der Waals surface area contributed by atoms with Gasteiger partial charge in [0.15, 0.2) is 0 Å². The largest absolute Gasteiger partial charge is 0.262 e. The minimum atomic E-state index is 0.905. The summed E-state index contributed by atoms with van der Waals surface area (Å²) >= 11 is 0. The van der Waals surface area contributed by atoms with Crippen molar-refractivity contribution in [3.05, 3.63) is 60.7 Å². The Morgan fingerprint density at radius 1 is 1.00 bits per heavy atom. The fraction of sp³-hybridized carbons (Fsp3) is 0.0714. The van der Waals surface area contributed by atoms with E-state index in [4.69, 9.17) is 0 Å². The third-order valence-corrected chi connectivity index (χ3v) is 2.71. The third kappa shape index (κ3) is 1.88. The lowest BCUT2D eigenvalue weighted by atomic mass is 10.2. The number of pyridine rings is 2. The second-order valence-electron chi connectivity index (χ2n) is 4.06. The molecular formula is C14H12N4. The van der Waals surface area contributed by atoms with Crippen LogP contribution < -0.4 is 0 Å². The lowest BCUT2D eigenvalue weighted by molar-refractivity contribution is 0.877. The summed E-state index contributed by atoms with van der Waals surface area (Å²) in [7, 11) is 0. The van der Waals surface area contributed by atoms with Gasteiger partial charge in [-0.05, 0) is 36.8 Å². The molecule has 0 N–H and O–H groups in total. The van der Waals surface area contributed by atoms with Crippen molar-refractivity contribution in [2.45, 2.75) is 6.92 Å². The summed E-state index contributed by atoms with van der Waals surface area (Å²) in [4.78, 5) is 8.53. The van der Waals surface area contributed by atoms with Crippen LogP contribution in [0.1, 0.15) is 5.56 Å². The number of aromatic nitrogens is 4. The molecule has 0 aliphatic carbocycles. The van der Waals surface area contributed by atoms with Gasteiger partial charge in [0.1, 0.15) is 0 Å². The fourth-order valence-electron chi connectivity index (χ4n) is 1.80. The minimum Gasteiger partial charge on any atom is -0.262 e. The van der Waals surface area contributed by atoms with Crippen molar-refractivity contribution < 1.29 is 0 Å². The molecule has 0 saturated heterocycles. The van der Waals surface area contributed by atoms with Crippen LogP contribution in [-0.2, 0) is 0 Å². The zero-order valence-electron chi connectivity index (χ0n) is 9.99. The summed E-state index contributed by atoms with van der Waals surface area (Å²) < 4.78 is 1.84. The van der Waals surface area contributed by atoms with E-state index < -0.39 is 0 Å². The van der Waals surface area contributed by atoms with Crippen molar-refractivity contribution in [3.8, 4) is 17.1 Å². The molecule has 3 aromatic rings. The monoisotopic (exact) mass is 236 g/mol. The summed E-state index contributed by atoms with van der Waals surface area (Å²) in [5.41, 5.74) is 3.94. The highest BCUT2D eigenvalue weighted by Crippen LogP contribution is 2.19. The first-order chi connectivity index (χ1) is 8.84. The van der Waals surface area contributed by atoms with Crippen molar-refractivity contribution in [2.24, 2.45) is 0 Å². The minimum absolute atomic E-state index is 0.905. The Morgan fingerprint density at radius 2 is 1.94 bits per heavy atom. The van der Waals surface area contributed by atoms with Gasteiger partial charge in [-0.15, -0.1) is 0 Å². The Balaban J connectivity index is 2.10. The molecule has 0 fully saturated rings. The molecule has 0 spiro atoms. The van der Waals surface area contributed by atoms with Gasteiger partial charge in [0.05, 0.1) is 29.5 Å². The average molecular weight is 236 g/mol. The van der Waals surface area contributed by atoms with Crippen molar-refractivity contribution >= 4 is 0 Å². The van der Waals surface area contributed by atoms with E-state index >= 15 is 0 Å². The first-order valence-corrected chi connectivity index (χ1v) is 5.72. The van der Waals surface area contributed by atoms with Crippen LogP contribution in [0.25, 0.3) is 17.1 Å². The Hall–Kier alpha value is -2.49. The molecule has 3 aromatic heterocycles. The van der Waals surface area contributed by atoms with E-state index in [-0.39, 0.29) is 0 Å². The molecule has 0 aliphatic heterocycles. The highest BCUT2D eigenvalue weighted by Gasteiger charge is 2.08. The Bertz CT molecular complexity index is 641. The topological polar surface area (TPSA) is 43.6 Å². The van der Waals surface area contributed by atoms with E-state index in [2.05, 4.69) is 15.1 Å². The molecule has 88 valence electrons. The predicted molar refractivity (Wildman–Crippen MR) is 69.3 cm³/mol. The number of nitrogens with zero attached hydrogens (tertiary/aromatic N) is 4. The Labute approximate surface area is 105 Å². The SMILES string of the molecule is Cc1ccc(-c2ccnn2-c2cccnc2)nc1. The van der Waals surface area contributed by atoms with Crippen LogP contribution in [-0.4, -0.2) is 19.7 Å². The van der Waals surface area contributed by atoms with Crippen LogP contribution in [0.15, 0.2) is 55.1 Å². The molecular weight excluding hydrogens is 224 g/mol. The summed E-state index contributed by atoms with van der Waals surface area (Å²) in [6, 6.07) is 9.86. The molecule has 0 aliphatic rings. The molecule has 0 amide bonds. The second kappa shape index (κ2) is 4.41. The molecule has 4 heteroatoms.